The second-order valence-electron chi connectivity index (χ2n) is 4.37. The molecule has 12 heavy (non-hydrogen) atoms. The third kappa shape index (κ3) is 2.43. The van der Waals surface area contributed by atoms with Crippen molar-refractivity contribution in [2.75, 3.05) is 0 Å². The van der Waals surface area contributed by atoms with E-state index in [-0.39, 0.29) is 18.3 Å². The molecule has 0 bridgehead atoms. The van der Waals surface area contributed by atoms with Crippen molar-refractivity contribution in [1.82, 2.24) is 0 Å². The Morgan fingerprint density at radius 3 is 2.33 bits per heavy atom. The summed E-state index contributed by atoms with van der Waals surface area (Å²) in [4.78, 5) is 0. The molecule has 0 spiro atoms. The van der Waals surface area contributed by atoms with Gasteiger partial charge in [-0.1, -0.05) is 20.3 Å². The van der Waals surface area contributed by atoms with Crippen LogP contribution in [0.25, 0.3) is 0 Å². The smallest absolute Gasteiger partial charge is 0.207 e. The molecular weight excluding hydrogens is 158 g/mol. The molecule has 0 saturated heterocycles. The molecule has 1 atom stereocenters. The third-order valence-corrected chi connectivity index (χ3v) is 3.27. The van der Waals surface area contributed by atoms with Gasteiger partial charge in [-0.15, -0.1) is 0 Å². The van der Waals surface area contributed by atoms with Crippen LogP contribution in [-0.4, -0.2) is 5.92 Å². The molecule has 1 aliphatic carbocycles. The lowest BCUT2D eigenvalue weighted by atomic mass is 9.80. The molecule has 0 amide bonds. The first-order valence-electron chi connectivity index (χ1n) is 4.85. The SMILES string of the molecule is CCC1(C)CCCC(F)(F)CC1. The Morgan fingerprint density at radius 2 is 1.75 bits per heavy atom. The highest BCUT2D eigenvalue weighted by molar-refractivity contribution is 4.81. The maximum atomic E-state index is 12.9. The molecule has 0 aromatic rings. The van der Waals surface area contributed by atoms with E-state index in [1.165, 1.54) is 0 Å². The largest absolute Gasteiger partial charge is 0.248 e. The van der Waals surface area contributed by atoms with Crippen molar-refractivity contribution < 1.29 is 8.78 Å². The van der Waals surface area contributed by atoms with Gasteiger partial charge in [0.15, 0.2) is 0 Å². The Morgan fingerprint density at radius 1 is 1.08 bits per heavy atom. The second kappa shape index (κ2) is 3.31. The van der Waals surface area contributed by atoms with E-state index >= 15 is 0 Å². The zero-order valence-corrected chi connectivity index (χ0v) is 8.00. The predicted octanol–water partition coefficient (Wildman–Crippen LogP) is 4.00. The molecule has 0 aromatic heterocycles. The monoisotopic (exact) mass is 176 g/mol. The molecule has 1 fully saturated rings. The topological polar surface area (TPSA) is 0 Å². The summed E-state index contributed by atoms with van der Waals surface area (Å²) in [5.74, 6) is -2.38. The summed E-state index contributed by atoms with van der Waals surface area (Å²) < 4.78 is 25.9. The predicted molar refractivity (Wildman–Crippen MR) is 46.4 cm³/mol. The van der Waals surface area contributed by atoms with E-state index in [0.717, 1.165) is 12.8 Å². The number of hydrogen-bond acceptors (Lipinski definition) is 0. The minimum absolute atomic E-state index is 0.0946. The average molecular weight is 176 g/mol. The van der Waals surface area contributed by atoms with Crippen LogP contribution < -0.4 is 0 Å². The van der Waals surface area contributed by atoms with Crippen LogP contribution in [-0.2, 0) is 0 Å². The lowest BCUT2D eigenvalue weighted by Gasteiger charge is -2.26. The van der Waals surface area contributed by atoms with E-state index in [0.29, 0.717) is 12.8 Å². The van der Waals surface area contributed by atoms with Crippen LogP contribution in [0.4, 0.5) is 8.78 Å². The van der Waals surface area contributed by atoms with Crippen molar-refractivity contribution in [3.8, 4) is 0 Å². The Balaban J connectivity index is 2.56. The number of halogens is 2. The van der Waals surface area contributed by atoms with Crippen LogP contribution in [0.5, 0.6) is 0 Å². The summed E-state index contributed by atoms with van der Waals surface area (Å²) >= 11 is 0. The molecule has 1 aliphatic rings. The van der Waals surface area contributed by atoms with E-state index in [4.69, 9.17) is 0 Å². The maximum Gasteiger partial charge on any atom is 0.248 e. The second-order valence-corrected chi connectivity index (χ2v) is 4.37. The molecule has 1 rings (SSSR count). The van der Waals surface area contributed by atoms with Gasteiger partial charge in [0.2, 0.25) is 5.92 Å². The van der Waals surface area contributed by atoms with Gasteiger partial charge >= 0.3 is 0 Å². The zero-order valence-electron chi connectivity index (χ0n) is 8.00. The van der Waals surface area contributed by atoms with E-state index < -0.39 is 5.92 Å². The molecule has 0 heterocycles. The highest BCUT2D eigenvalue weighted by atomic mass is 19.3. The van der Waals surface area contributed by atoms with Crippen LogP contribution in [0.1, 0.15) is 52.4 Å². The molecule has 1 unspecified atom stereocenters. The third-order valence-electron chi connectivity index (χ3n) is 3.27. The van der Waals surface area contributed by atoms with Crippen LogP contribution in [0, 0.1) is 5.41 Å². The number of rotatable bonds is 1. The molecule has 0 nitrogen and oxygen atoms in total. The first-order chi connectivity index (χ1) is 5.47. The fourth-order valence-electron chi connectivity index (χ4n) is 1.86. The normalized spacial score (nSPS) is 36.0. The maximum absolute atomic E-state index is 12.9. The van der Waals surface area contributed by atoms with E-state index in [1.54, 1.807) is 0 Å². The lowest BCUT2D eigenvalue weighted by Crippen LogP contribution is -2.17. The van der Waals surface area contributed by atoms with E-state index in [9.17, 15) is 8.78 Å². The fourth-order valence-corrected chi connectivity index (χ4v) is 1.86. The standard InChI is InChI=1S/C10H18F2/c1-3-9(2)5-4-6-10(11,12)8-7-9/h3-8H2,1-2H3. The minimum Gasteiger partial charge on any atom is -0.207 e. The van der Waals surface area contributed by atoms with Gasteiger partial charge in [-0.3, -0.25) is 0 Å². The molecule has 0 radical (unpaired) electrons. The van der Waals surface area contributed by atoms with Crippen molar-refractivity contribution in [3.63, 3.8) is 0 Å². The van der Waals surface area contributed by atoms with Crippen molar-refractivity contribution in [1.29, 1.82) is 0 Å². The summed E-state index contributed by atoms with van der Waals surface area (Å²) in [6.45, 7) is 4.23. The van der Waals surface area contributed by atoms with Crippen molar-refractivity contribution in [2.45, 2.75) is 58.3 Å². The van der Waals surface area contributed by atoms with E-state index in [2.05, 4.69) is 13.8 Å². The van der Waals surface area contributed by atoms with Gasteiger partial charge in [0.1, 0.15) is 0 Å². The van der Waals surface area contributed by atoms with Crippen LogP contribution >= 0.6 is 0 Å². The first-order valence-corrected chi connectivity index (χ1v) is 4.85. The van der Waals surface area contributed by atoms with Crippen molar-refractivity contribution in [3.05, 3.63) is 0 Å². The quantitative estimate of drug-likeness (QED) is 0.530. The number of alkyl halides is 2. The fraction of sp³-hybridized carbons (Fsp3) is 1.00. The van der Waals surface area contributed by atoms with Gasteiger partial charge in [0.25, 0.3) is 0 Å². The Hall–Kier alpha value is -0.140. The van der Waals surface area contributed by atoms with Gasteiger partial charge in [-0.25, -0.2) is 8.78 Å². The molecule has 0 aromatic carbocycles. The zero-order chi connectivity index (χ0) is 9.24. The highest BCUT2D eigenvalue weighted by Crippen LogP contribution is 2.42. The van der Waals surface area contributed by atoms with Crippen molar-refractivity contribution >= 4 is 0 Å². The van der Waals surface area contributed by atoms with Crippen LogP contribution in [0.2, 0.25) is 0 Å². The van der Waals surface area contributed by atoms with Gasteiger partial charge in [-0.05, 0) is 24.7 Å². The summed E-state index contributed by atoms with van der Waals surface area (Å²) in [5.41, 5.74) is 0.180. The molecule has 2 heteroatoms. The van der Waals surface area contributed by atoms with Gasteiger partial charge < -0.3 is 0 Å². The Kier molecular flexibility index (Phi) is 2.74. The van der Waals surface area contributed by atoms with Crippen LogP contribution in [0.15, 0.2) is 0 Å². The van der Waals surface area contributed by atoms with Gasteiger partial charge in [-0.2, -0.15) is 0 Å². The van der Waals surface area contributed by atoms with Crippen molar-refractivity contribution in [2.24, 2.45) is 5.41 Å². The van der Waals surface area contributed by atoms with Crippen LogP contribution in [0.3, 0.4) is 0 Å². The molecule has 1 saturated carbocycles. The minimum atomic E-state index is -2.38. The molecule has 0 N–H and O–H groups in total. The summed E-state index contributed by atoms with van der Waals surface area (Å²) in [7, 11) is 0. The molecular formula is C10H18F2. The average Bonchev–Trinajstić information content (AvgIpc) is 2.13. The van der Waals surface area contributed by atoms with Gasteiger partial charge in [0.05, 0.1) is 0 Å². The van der Waals surface area contributed by atoms with E-state index in [1.807, 2.05) is 0 Å². The Labute approximate surface area is 73.3 Å². The summed E-state index contributed by atoms with van der Waals surface area (Å²) in [6.07, 6.45) is 3.58. The molecule has 72 valence electrons. The first kappa shape index (κ1) is 9.94. The highest BCUT2D eigenvalue weighted by Gasteiger charge is 2.36. The van der Waals surface area contributed by atoms with Gasteiger partial charge in [0, 0.05) is 12.8 Å². The summed E-state index contributed by atoms with van der Waals surface area (Å²) in [6, 6.07) is 0. The molecule has 0 aliphatic heterocycles. The Bertz CT molecular complexity index is 154. The lowest BCUT2D eigenvalue weighted by molar-refractivity contribution is -0.0166. The summed E-state index contributed by atoms with van der Waals surface area (Å²) in [5, 5.41) is 0. The number of hydrogen-bond donors (Lipinski definition) is 0.